The number of thioether (sulfide) groups is 1. The molecule has 0 spiro atoms. The number of esters is 1. The van der Waals surface area contributed by atoms with Crippen LogP contribution >= 0.6 is 34.7 Å². The Bertz CT molecular complexity index is 1160. The molecule has 9 heteroatoms. The zero-order valence-electron chi connectivity index (χ0n) is 18.1. The van der Waals surface area contributed by atoms with E-state index in [0.717, 1.165) is 15.5 Å². The van der Waals surface area contributed by atoms with Crippen LogP contribution in [0.25, 0.3) is 5.69 Å². The molecule has 0 amide bonds. The van der Waals surface area contributed by atoms with E-state index < -0.39 is 5.97 Å². The summed E-state index contributed by atoms with van der Waals surface area (Å²) in [7, 11) is 0. The summed E-state index contributed by atoms with van der Waals surface area (Å²) in [6, 6.07) is 12.8. The fraction of sp³-hybridized carbons (Fsp3) is 0.250. The number of aromatic nitrogens is 1. The Hall–Kier alpha value is -1.93. The van der Waals surface area contributed by atoms with Gasteiger partial charge in [-0.2, -0.15) is 9.83 Å². The molecule has 0 atom stereocenters. The maximum atomic E-state index is 13.4. The predicted octanol–water partition coefficient (Wildman–Crippen LogP) is 2.33. The van der Waals surface area contributed by atoms with E-state index in [0.29, 0.717) is 33.2 Å². The Morgan fingerprint density at radius 3 is 2.45 bits per heavy atom. The number of thiophene rings is 1. The molecule has 0 aliphatic rings. The third-order valence-electron chi connectivity index (χ3n) is 4.59. The number of aryl methyl sites for hydroxylation is 1. The molecular weight excluding hydrogens is 591 g/mol. The van der Waals surface area contributed by atoms with E-state index >= 15 is 0 Å². The lowest BCUT2D eigenvalue weighted by Crippen LogP contribution is -3.00. The van der Waals surface area contributed by atoms with E-state index in [9.17, 15) is 9.59 Å². The highest BCUT2D eigenvalue weighted by atomic mass is 127. The molecule has 0 unspecified atom stereocenters. The molecule has 2 aromatic heterocycles. The minimum Gasteiger partial charge on any atom is -1.00 e. The second-order valence-corrected chi connectivity index (χ2v) is 9.72. The van der Waals surface area contributed by atoms with E-state index in [2.05, 4.69) is 6.07 Å². The third kappa shape index (κ3) is 7.03. The minimum atomic E-state index is -0.391. The molecule has 33 heavy (non-hydrogen) atoms. The number of ketones is 1. The average molecular weight is 613 g/mol. The van der Waals surface area contributed by atoms with Crippen molar-refractivity contribution in [2.45, 2.75) is 30.9 Å². The van der Waals surface area contributed by atoms with Gasteiger partial charge in [-0.3, -0.25) is 9.59 Å². The zero-order valence-corrected chi connectivity index (χ0v) is 22.7. The van der Waals surface area contributed by atoms with Gasteiger partial charge in [0, 0.05) is 34.9 Å². The molecule has 172 valence electrons. The Morgan fingerprint density at radius 1 is 1.18 bits per heavy atom. The number of ether oxygens (including phenoxy) is 1. The Morgan fingerprint density at radius 2 is 1.85 bits per heavy atom. The highest BCUT2D eigenvalue weighted by Gasteiger charge is 2.31. The molecule has 0 saturated heterocycles. The van der Waals surface area contributed by atoms with Crippen molar-refractivity contribution >= 4 is 46.5 Å². The average Bonchev–Trinajstić information content (AvgIpc) is 3.12. The summed E-state index contributed by atoms with van der Waals surface area (Å²) < 4.78 is 8.00. The quantitative estimate of drug-likeness (QED) is 0.0927. The lowest BCUT2D eigenvalue weighted by molar-refractivity contribution is -0.598. The van der Waals surface area contributed by atoms with Gasteiger partial charge in [-0.25, -0.2) is 0 Å². The molecule has 5 nitrogen and oxygen atoms in total. The van der Waals surface area contributed by atoms with Gasteiger partial charge in [0.1, 0.15) is 4.21 Å². The van der Waals surface area contributed by atoms with E-state index in [-0.39, 0.29) is 42.8 Å². The number of benzene rings is 1. The first kappa shape index (κ1) is 27.3. The minimum absolute atomic E-state index is 0. The van der Waals surface area contributed by atoms with Crippen LogP contribution in [0.4, 0.5) is 0 Å². The molecule has 0 radical (unpaired) electrons. The van der Waals surface area contributed by atoms with Crippen molar-refractivity contribution < 1.29 is 42.9 Å². The van der Waals surface area contributed by atoms with E-state index in [1.54, 1.807) is 31.2 Å². The third-order valence-corrected chi connectivity index (χ3v) is 7.32. The Kier molecular flexibility index (Phi) is 10.8. The predicted molar refractivity (Wildman–Crippen MR) is 127 cm³/mol. The second kappa shape index (κ2) is 13.1. The first-order valence-corrected chi connectivity index (χ1v) is 12.2. The van der Waals surface area contributed by atoms with E-state index in [1.807, 2.05) is 36.0 Å². The standard InChI is InChI=1S/C24H22ClN2O3S2.HI/c1-3-30-20(28)15-19-21(27-12-9-16(2)10-13-27)24(31-14-4-11-26)32-23(19)22(29)17-5-7-18(25)8-6-17;/h5-10,12-13H,3-4,14-15H2,1-2H3;1H/q+1;/p-1. The maximum absolute atomic E-state index is 13.4. The summed E-state index contributed by atoms with van der Waals surface area (Å²) >= 11 is 8.84. The lowest BCUT2D eigenvalue weighted by Gasteiger charge is -2.06. The number of pyridine rings is 1. The zero-order chi connectivity index (χ0) is 23.1. The molecule has 0 bridgehead atoms. The van der Waals surface area contributed by atoms with Gasteiger partial charge in [-0.15, -0.1) is 23.1 Å². The van der Waals surface area contributed by atoms with Gasteiger partial charge < -0.3 is 28.7 Å². The fourth-order valence-electron chi connectivity index (χ4n) is 3.07. The number of halogens is 2. The number of nitriles is 1. The first-order valence-electron chi connectivity index (χ1n) is 10.0. The topological polar surface area (TPSA) is 71.0 Å². The van der Waals surface area contributed by atoms with E-state index in [1.165, 1.54) is 23.1 Å². The van der Waals surface area contributed by atoms with Gasteiger partial charge in [0.25, 0.3) is 0 Å². The second-order valence-electron chi connectivity index (χ2n) is 6.90. The number of nitrogens with zero attached hydrogens (tertiary/aromatic N) is 2. The van der Waals surface area contributed by atoms with Crippen LogP contribution in [0.3, 0.4) is 0 Å². The van der Waals surface area contributed by atoms with Crippen LogP contribution in [0.1, 0.15) is 39.7 Å². The largest absolute Gasteiger partial charge is 1.00 e. The molecule has 3 rings (SSSR count). The SMILES string of the molecule is CCOC(=O)Cc1c(C(=O)c2ccc(Cl)cc2)sc(SCCC#N)c1-[n+]1ccc(C)cc1.[I-]. The Balaban J connectivity index is 0.00000385. The molecular formula is C24H22ClIN2O3S2. The highest BCUT2D eigenvalue weighted by molar-refractivity contribution is 8.01. The monoisotopic (exact) mass is 612 g/mol. The van der Waals surface area contributed by atoms with Gasteiger partial charge in [0.05, 0.1) is 29.5 Å². The van der Waals surface area contributed by atoms with Crippen molar-refractivity contribution in [1.82, 2.24) is 0 Å². The highest BCUT2D eigenvalue weighted by Crippen LogP contribution is 2.38. The summed E-state index contributed by atoms with van der Waals surface area (Å²) in [5, 5.41) is 9.51. The summed E-state index contributed by atoms with van der Waals surface area (Å²) in [6.45, 7) is 4.01. The van der Waals surface area contributed by atoms with Crippen LogP contribution in [0.2, 0.25) is 5.02 Å². The van der Waals surface area contributed by atoms with Crippen molar-refractivity contribution in [1.29, 1.82) is 5.26 Å². The molecule has 1 aromatic carbocycles. The van der Waals surface area contributed by atoms with Crippen molar-refractivity contribution in [3.63, 3.8) is 0 Å². The number of rotatable bonds is 9. The van der Waals surface area contributed by atoms with Crippen LogP contribution in [-0.2, 0) is 16.0 Å². The fourth-order valence-corrected chi connectivity index (χ4v) is 5.69. The molecule has 2 heterocycles. The van der Waals surface area contributed by atoms with Crippen molar-refractivity contribution in [3.05, 3.63) is 75.4 Å². The molecule has 0 fully saturated rings. The molecule has 0 N–H and O–H groups in total. The van der Waals surface area contributed by atoms with Gasteiger partial charge in [0.2, 0.25) is 11.5 Å². The van der Waals surface area contributed by atoms with Gasteiger partial charge in [-0.05, 0) is 43.7 Å². The molecule has 0 aliphatic heterocycles. The molecule has 3 aromatic rings. The van der Waals surface area contributed by atoms with Gasteiger partial charge >= 0.3 is 5.97 Å². The van der Waals surface area contributed by atoms with Crippen molar-refractivity contribution in [3.8, 4) is 11.8 Å². The van der Waals surface area contributed by atoms with Crippen molar-refractivity contribution in [2.24, 2.45) is 0 Å². The number of hydrogen-bond acceptors (Lipinski definition) is 6. The van der Waals surface area contributed by atoms with Crippen LogP contribution in [-0.4, -0.2) is 24.1 Å². The van der Waals surface area contributed by atoms with Crippen molar-refractivity contribution in [2.75, 3.05) is 12.4 Å². The van der Waals surface area contributed by atoms with Gasteiger partial charge in [0.15, 0.2) is 12.4 Å². The molecule has 0 aliphatic carbocycles. The van der Waals surface area contributed by atoms with Gasteiger partial charge in [-0.1, -0.05) is 11.6 Å². The van der Waals surface area contributed by atoms with Crippen LogP contribution in [0.15, 0.2) is 53.0 Å². The van der Waals surface area contributed by atoms with Crippen LogP contribution < -0.4 is 28.5 Å². The normalized spacial score (nSPS) is 10.2. The maximum Gasteiger partial charge on any atom is 0.310 e. The summed E-state index contributed by atoms with van der Waals surface area (Å²) in [5.41, 5.74) is 3.00. The smallest absolute Gasteiger partial charge is 0.310 e. The first-order chi connectivity index (χ1) is 15.4. The van der Waals surface area contributed by atoms with Crippen LogP contribution in [0, 0.1) is 18.3 Å². The summed E-state index contributed by atoms with van der Waals surface area (Å²) in [5.74, 6) is 0.0224. The summed E-state index contributed by atoms with van der Waals surface area (Å²) in [4.78, 5) is 26.4. The number of carbonyl (C=O) groups excluding carboxylic acids is 2. The Labute approximate surface area is 223 Å². The summed E-state index contributed by atoms with van der Waals surface area (Å²) in [6.07, 6.45) is 4.19. The molecule has 0 saturated carbocycles. The number of hydrogen-bond donors (Lipinski definition) is 0. The number of carbonyl (C=O) groups is 2. The van der Waals surface area contributed by atoms with Crippen LogP contribution in [0.5, 0.6) is 0 Å². The van der Waals surface area contributed by atoms with E-state index in [4.69, 9.17) is 21.6 Å². The lowest BCUT2D eigenvalue weighted by atomic mass is 10.0.